The van der Waals surface area contributed by atoms with Crippen LogP contribution in [0.2, 0.25) is 0 Å². The Hall–Kier alpha value is -2.83. The number of benzene rings is 2. The lowest BCUT2D eigenvalue weighted by atomic mass is 9.95. The third kappa shape index (κ3) is 4.67. The molecule has 0 atom stereocenters. The molecule has 0 bridgehead atoms. The molecule has 0 saturated carbocycles. The fraction of sp³-hybridized carbons (Fsp3) is 0.300. The van der Waals surface area contributed by atoms with Gasteiger partial charge in [0.05, 0.1) is 12.1 Å². The summed E-state index contributed by atoms with van der Waals surface area (Å²) in [6.45, 7) is 0.745. The van der Waals surface area contributed by atoms with Crippen LogP contribution in [-0.4, -0.2) is 29.8 Å². The van der Waals surface area contributed by atoms with E-state index in [-0.39, 0.29) is 29.8 Å². The summed E-state index contributed by atoms with van der Waals surface area (Å²) in [6, 6.07) is 9.09. The average Bonchev–Trinajstić information content (AvgIpc) is 2.66. The lowest BCUT2D eigenvalue weighted by Gasteiger charge is -2.31. The Morgan fingerprint density at radius 3 is 2.37 bits per heavy atom. The number of nitrogens with zero attached hydrogens (tertiary/aromatic N) is 1. The quantitative estimate of drug-likeness (QED) is 0.888. The van der Waals surface area contributed by atoms with Gasteiger partial charge in [0.25, 0.3) is 0 Å². The second-order valence-electron chi connectivity index (χ2n) is 6.54. The third-order valence-corrected chi connectivity index (χ3v) is 4.71. The SMILES string of the molecule is O=C(Nc1ccc(F)cc1F)C1CCN(C(=O)Cc2ccccc2F)CC1. The Bertz CT molecular complexity index is 849. The van der Waals surface area contributed by atoms with Crippen molar-refractivity contribution in [1.29, 1.82) is 0 Å². The molecule has 142 valence electrons. The first-order valence-electron chi connectivity index (χ1n) is 8.71. The van der Waals surface area contributed by atoms with Crippen molar-refractivity contribution in [3.8, 4) is 0 Å². The van der Waals surface area contributed by atoms with Crippen LogP contribution in [0.4, 0.5) is 18.9 Å². The van der Waals surface area contributed by atoms with Crippen LogP contribution >= 0.6 is 0 Å². The second kappa shape index (κ2) is 8.24. The van der Waals surface area contributed by atoms with E-state index in [1.165, 1.54) is 12.1 Å². The fourth-order valence-electron chi connectivity index (χ4n) is 3.13. The minimum absolute atomic E-state index is 0.0235. The number of carbonyl (C=O) groups excluding carboxylic acids is 2. The first kappa shape index (κ1) is 18.9. The highest BCUT2D eigenvalue weighted by Crippen LogP contribution is 2.22. The van der Waals surface area contributed by atoms with Crippen LogP contribution in [0, 0.1) is 23.4 Å². The molecular formula is C20H19F3N2O2. The van der Waals surface area contributed by atoms with Crippen molar-refractivity contribution in [2.24, 2.45) is 5.92 Å². The zero-order valence-corrected chi connectivity index (χ0v) is 14.6. The standard InChI is InChI=1S/C20H19F3N2O2/c21-15-5-6-18(17(23)12-15)24-20(27)13-7-9-25(10-8-13)19(26)11-14-3-1-2-4-16(14)22/h1-6,12-13H,7-11H2,(H,24,27). The molecule has 2 aromatic rings. The summed E-state index contributed by atoms with van der Waals surface area (Å²) in [5.41, 5.74) is 0.272. The number of amides is 2. The van der Waals surface area contributed by atoms with E-state index < -0.39 is 17.5 Å². The second-order valence-corrected chi connectivity index (χ2v) is 6.54. The van der Waals surface area contributed by atoms with Gasteiger partial charge in [-0.2, -0.15) is 0 Å². The molecule has 3 rings (SSSR count). The van der Waals surface area contributed by atoms with Gasteiger partial charge in [-0.1, -0.05) is 18.2 Å². The Morgan fingerprint density at radius 1 is 1.00 bits per heavy atom. The maximum Gasteiger partial charge on any atom is 0.227 e. The van der Waals surface area contributed by atoms with Gasteiger partial charge in [0.1, 0.15) is 17.5 Å². The first-order valence-corrected chi connectivity index (χ1v) is 8.71. The van der Waals surface area contributed by atoms with Crippen molar-refractivity contribution in [3.63, 3.8) is 0 Å². The Balaban J connectivity index is 1.53. The number of hydrogen-bond donors (Lipinski definition) is 1. The monoisotopic (exact) mass is 376 g/mol. The van der Waals surface area contributed by atoms with Gasteiger partial charge in [-0.05, 0) is 36.6 Å². The molecule has 1 aliphatic rings. The predicted molar refractivity (Wildman–Crippen MR) is 94.4 cm³/mol. The van der Waals surface area contributed by atoms with Gasteiger partial charge in [-0.15, -0.1) is 0 Å². The average molecular weight is 376 g/mol. The zero-order valence-electron chi connectivity index (χ0n) is 14.6. The van der Waals surface area contributed by atoms with Crippen LogP contribution < -0.4 is 5.32 Å². The molecule has 2 aromatic carbocycles. The molecule has 1 fully saturated rings. The van der Waals surface area contributed by atoms with E-state index in [1.807, 2.05) is 0 Å². The van der Waals surface area contributed by atoms with E-state index >= 15 is 0 Å². The lowest BCUT2D eigenvalue weighted by molar-refractivity contribution is -0.133. The molecule has 1 N–H and O–H groups in total. The molecule has 1 heterocycles. The topological polar surface area (TPSA) is 49.4 Å². The molecule has 0 spiro atoms. The lowest BCUT2D eigenvalue weighted by Crippen LogP contribution is -2.42. The van der Waals surface area contributed by atoms with Gasteiger partial charge in [-0.3, -0.25) is 9.59 Å². The van der Waals surface area contributed by atoms with Gasteiger partial charge < -0.3 is 10.2 Å². The molecule has 27 heavy (non-hydrogen) atoms. The van der Waals surface area contributed by atoms with Crippen molar-refractivity contribution >= 4 is 17.5 Å². The molecule has 0 aromatic heterocycles. The number of hydrogen-bond acceptors (Lipinski definition) is 2. The van der Waals surface area contributed by atoms with Gasteiger partial charge in [0.15, 0.2) is 0 Å². The maximum atomic E-state index is 13.7. The number of carbonyl (C=O) groups is 2. The Morgan fingerprint density at radius 2 is 1.70 bits per heavy atom. The summed E-state index contributed by atoms with van der Waals surface area (Å²) in [6.07, 6.45) is 0.833. The van der Waals surface area contributed by atoms with Crippen LogP contribution in [0.25, 0.3) is 0 Å². The van der Waals surface area contributed by atoms with E-state index in [9.17, 15) is 22.8 Å². The smallest absolute Gasteiger partial charge is 0.227 e. The molecule has 4 nitrogen and oxygen atoms in total. The normalized spacial score (nSPS) is 14.9. The predicted octanol–water partition coefficient (Wildman–Crippen LogP) is 3.52. The van der Waals surface area contributed by atoms with E-state index in [0.29, 0.717) is 37.6 Å². The van der Waals surface area contributed by atoms with Crippen molar-refractivity contribution in [3.05, 3.63) is 65.5 Å². The molecule has 2 amide bonds. The first-order chi connectivity index (χ1) is 12.9. The van der Waals surface area contributed by atoms with Gasteiger partial charge in [0, 0.05) is 25.1 Å². The minimum atomic E-state index is -0.833. The van der Waals surface area contributed by atoms with Gasteiger partial charge >= 0.3 is 0 Å². The van der Waals surface area contributed by atoms with Crippen LogP contribution in [0.3, 0.4) is 0 Å². The molecule has 0 unspecified atom stereocenters. The van der Waals surface area contributed by atoms with Gasteiger partial charge in [0.2, 0.25) is 11.8 Å². The maximum absolute atomic E-state index is 13.7. The summed E-state index contributed by atoms with van der Waals surface area (Å²) >= 11 is 0. The van der Waals surface area contributed by atoms with Crippen LogP contribution in [0.5, 0.6) is 0 Å². The molecule has 7 heteroatoms. The number of anilines is 1. The van der Waals surface area contributed by atoms with Crippen molar-refractivity contribution in [1.82, 2.24) is 4.90 Å². The molecular weight excluding hydrogens is 357 g/mol. The number of halogens is 3. The van der Waals surface area contributed by atoms with E-state index in [4.69, 9.17) is 0 Å². The van der Waals surface area contributed by atoms with Crippen molar-refractivity contribution < 1.29 is 22.8 Å². The van der Waals surface area contributed by atoms with Crippen molar-refractivity contribution in [2.75, 3.05) is 18.4 Å². The van der Waals surface area contributed by atoms with E-state index in [0.717, 1.165) is 6.07 Å². The summed E-state index contributed by atoms with van der Waals surface area (Å²) in [7, 11) is 0. The molecule has 0 radical (unpaired) electrons. The zero-order chi connectivity index (χ0) is 19.4. The molecule has 1 aliphatic heterocycles. The highest BCUT2D eigenvalue weighted by molar-refractivity contribution is 5.92. The summed E-state index contributed by atoms with van der Waals surface area (Å²) in [5, 5.41) is 2.46. The number of piperidine rings is 1. The number of nitrogens with one attached hydrogen (secondary N) is 1. The minimum Gasteiger partial charge on any atom is -0.342 e. The van der Waals surface area contributed by atoms with Crippen LogP contribution in [0.15, 0.2) is 42.5 Å². The number of likely N-dealkylation sites (tertiary alicyclic amines) is 1. The largest absolute Gasteiger partial charge is 0.342 e. The summed E-state index contributed by atoms with van der Waals surface area (Å²) < 4.78 is 40.2. The molecule has 0 aliphatic carbocycles. The summed E-state index contributed by atoms with van der Waals surface area (Å²) in [5.74, 6) is -2.88. The van der Waals surface area contributed by atoms with Gasteiger partial charge in [-0.25, -0.2) is 13.2 Å². The highest BCUT2D eigenvalue weighted by atomic mass is 19.1. The Labute approximate surface area is 155 Å². The van der Waals surface area contributed by atoms with Crippen LogP contribution in [-0.2, 0) is 16.0 Å². The van der Waals surface area contributed by atoms with E-state index in [2.05, 4.69) is 5.32 Å². The van der Waals surface area contributed by atoms with Crippen LogP contribution in [0.1, 0.15) is 18.4 Å². The summed E-state index contributed by atoms with van der Waals surface area (Å²) in [4.78, 5) is 26.2. The van der Waals surface area contributed by atoms with Crippen molar-refractivity contribution in [2.45, 2.75) is 19.3 Å². The third-order valence-electron chi connectivity index (χ3n) is 4.71. The highest BCUT2D eigenvalue weighted by Gasteiger charge is 2.28. The molecule has 1 saturated heterocycles. The Kier molecular flexibility index (Phi) is 5.78. The number of rotatable bonds is 4. The van der Waals surface area contributed by atoms with E-state index in [1.54, 1.807) is 23.1 Å². The fourth-order valence-corrected chi connectivity index (χ4v) is 3.13.